The molecule has 7 N–H and O–H groups in total. The van der Waals surface area contributed by atoms with E-state index in [-0.39, 0.29) is 12.2 Å². The summed E-state index contributed by atoms with van der Waals surface area (Å²) >= 11 is 1.60. The number of halogens is 1. The van der Waals surface area contributed by atoms with Crippen LogP contribution in [0, 0.1) is 5.82 Å². The fourth-order valence-corrected chi connectivity index (χ4v) is 5.86. The van der Waals surface area contributed by atoms with E-state index in [1.807, 2.05) is 36.0 Å². The van der Waals surface area contributed by atoms with E-state index in [0.717, 1.165) is 48.1 Å². The van der Waals surface area contributed by atoms with E-state index in [4.69, 9.17) is 17.2 Å². The molecule has 0 aliphatic heterocycles. The molecule has 0 atom stereocenters. The number of thiophene rings is 1. The van der Waals surface area contributed by atoms with E-state index in [1.165, 1.54) is 12.1 Å². The van der Waals surface area contributed by atoms with Crippen molar-refractivity contribution < 1.29 is 9.18 Å². The van der Waals surface area contributed by atoms with Crippen molar-refractivity contribution in [1.29, 1.82) is 0 Å². The van der Waals surface area contributed by atoms with Crippen molar-refractivity contribution in [2.75, 3.05) is 10.6 Å². The minimum Gasteiger partial charge on any atom is -0.383 e. The summed E-state index contributed by atoms with van der Waals surface area (Å²) in [6.45, 7) is 0.209. The molecule has 3 aromatic heterocycles. The van der Waals surface area contributed by atoms with Crippen LogP contribution in [0.15, 0.2) is 84.5 Å². The van der Waals surface area contributed by atoms with Gasteiger partial charge in [-0.2, -0.15) is 0 Å². The highest BCUT2D eigenvalue weighted by Gasteiger charge is 2.21. The van der Waals surface area contributed by atoms with Gasteiger partial charge in [-0.1, -0.05) is 24.3 Å². The van der Waals surface area contributed by atoms with Gasteiger partial charge in [-0.25, -0.2) is 14.2 Å². The number of primary amides is 1. The average molecular weight is 523 g/mol. The lowest BCUT2D eigenvalue weighted by Gasteiger charge is -2.22. The lowest BCUT2D eigenvalue weighted by atomic mass is 10.0. The van der Waals surface area contributed by atoms with Gasteiger partial charge < -0.3 is 22.2 Å². The third-order valence-corrected chi connectivity index (χ3v) is 7.65. The van der Waals surface area contributed by atoms with E-state index in [9.17, 15) is 9.18 Å². The fraction of sp³-hybridized carbons (Fsp3) is 0.0345. The van der Waals surface area contributed by atoms with E-state index in [2.05, 4.69) is 28.2 Å². The molecule has 0 fully saturated rings. The van der Waals surface area contributed by atoms with Crippen molar-refractivity contribution in [2.45, 2.75) is 6.54 Å². The van der Waals surface area contributed by atoms with Gasteiger partial charge in [0.05, 0.1) is 11.4 Å². The van der Waals surface area contributed by atoms with Crippen LogP contribution in [0.25, 0.3) is 43.2 Å². The Hall–Kier alpha value is -4.73. The summed E-state index contributed by atoms with van der Waals surface area (Å²) in [5, 5.41) is 4.03. The Morgan fingerprint density at radius 1 is 1.00 bits per heavy atom. The number of carbonyl (C=O) groups excluding carboxylic acids is 1. The monoisotopic (exact) mass is 522 g/mol. The number of fused-ring (bicyclic) bond motifs is 2. The van der Waals surface area contributed by atoms with E-state index in [0.29, 0.717) is 17.1 Å². The number of aromatic amines is 1. The molecule has 3 aromatic carbocycles. The first-order valence-electron chi connectivity index (χ1n) is 11.9. The summed E-state index contributed by atoms with van der Waals surface area (Å²) in [5.41, 5.74) is 23.8. The minimum absolute atomic E-state index is 0.0478. The number of urea groups is 1. The summed E-state index contributed by atoms with van der Waals surface area (Å²) in [7, 11) is 0. The zero-order valence-corrected chi connectivity index (χ0v) is 20.9. The molecule has 0 bridgehead atoms. The second kappa shape index (κ2) is 9.29. The fourth-order valence-electron chi connectivity index (χ4n) is 4.74. The van der Waals surface area contributed by atoms with Crippen molar-refractivity contribution in [1.82, 2.24) is 9.97 Å². The highest BCUT2D eigenvalue weighted by molar-refractivity contribution is 7.18. The Bertz CT molecular complexity index is 1830. The van der Waals surface area contributed by atoms with Crippen LogP contribution < -0.4 is 22.1 Å². The number of carbonyl (C=O) groups is 1. The molecule has 0 saturated carbocycles. The lowest BCUT2D eigenvalue weighted by molar-refractivity contribution is 0.256. The molecule has 188 valence electrons. The molecule has 0 saturated heterocycles. The largest absolute Gasteiger partial charge is 0.383 e. The van der Waals surface area contributed by atoms with E-state index >= 15 is 0 Å². The number of aromatic nitrogens is 2. The summed E-state index contributed by atoms with van der Waals surface area (Å²) in [5.74, 6) is -0.135. The quantitative estimate of drug-likeness (QED) is 0.206. The second-order valence-electron chi connectivity index (χ2n) is 8.90. The molecule has 2 amide bonds. The lowest BCUT2D eigenvalue weighted by Crippen LogP contribution is -2.32. The topological polar surface area (TPSA) is 127 Å². The SMILES string of the molecule is NCc1ccc(F)c(N(C(N)=O)c2ccc(-c3csc4c(-c5ccc6[nH]ccc6c5)cnc(N)c34)cc2)c1. The Kier molecular flexibility index (Phi) is 5.79. The standard InChI is InChI=1S/C29H23FN6OS/c30-23-7-1-16(13-31)11-25(23)36(29(33)37)20-5-2-17(3-6-20)22-15-38-27-21(14-35-28(32)26(22)27)18-4-8-24-19(12-18)9-10-34-24/h1-12,14-15,34H,13,31H2,(H2,32,35)(H2,33,37). The summed E-state index contributed by atoms with van der Waals surface area (Å²) in [4.78, 5) is 21.2. The van der Waals surface area contributed by atoms with Gasteiger partial charge in [0, 0.05) is 45.7 Å². The zero-order chi connectivity index (χ0) is 26.4. The first-order valence-corrected chi connectivity index (χ1v) is 12.7. The van der Waals surface area contributed by atoms with Crippen molar-refractivity contribution in [3.05, 3.63) is 95.9 Å². The number of amides is 2. The predicted octanol–water partition coefficient (Wildman–Crippen LogP) is 6.51. The molecule has 6 aromatic rings. The van der Waals surface area contributed by atoms with Gasteiger partial charge in [-0.05, 0) is 69.9 Å². The van der Waals surface area contributed by atoms with Crippen LogP contribution in [0.5, 0.6) is 0 Å². The molecule has 0 aliphatic carbocycles. The van der Waals surface area contributed by atoms with E-state index in [1.54, 1.807) is 29.5 Å². The number of nitrogens with zero attached hydrogens (tertiary/aromatic N) is 2. The third kappa shape index (κ3) is 3.94. The van der Waals surface area contributed by atoms with Crippen molar-refractivity contribution >= 4 is 55.5 Å². The van der Waals surface area contributed by atoms with Gasteiger partial charge in [0.2, 0.25) is 0 Å². The molecule has 0 unspecified atom stereocenters. The number of rotatable bonds is 5. The predicted molar refractivity (Wildman–Crippen MR) is 153 cm³/mol. The molecule has 9 heteroatoms. The third-order valence-electron chi connectivity index (χ3n) is 6.63. The van der Waals surface area contributed by atoms with Crippen LogP contribution in [-0.4, -0.2) is 16.0 Å². The molecule has 7 nitrogen and oxygen atoms in total. The van der Waals surface area contributed by atoms with Gasteiger partial charge >= 0.3 is 6.03 Å². The van der Waals surface area contributed by atoms with Crippen LogP contribution in [-0.2, 0) is 6.54 Å². The van der Waals surface area contributed by atoms with Gasteiger partial charge in [0.1, 0.15) is 11.6 Å². The number of nitrogens with two attached hydrogens (primary N) is 3. The average Bonchev–Trinajstić information content (AvgIpc) is 3.58. The van der Waals surface area contributed by atoms with Crippen molar-refractivity contribution in [3.63, 3.8) is 0 Å². The summed E-state index contributed by atoms with van der Waals surface area (Å²) in [6, 6.07) is 19.0. The highest BCUT2D eigenvalue weighted by Crippen LogP contribution is 2.42. The van der Waals surface area contributed by atoms with Gasteiger partial charge in [0.25, 0.3) is 0 Å². The first-order chi connectivity index (χ1) is 18.4. The number of nitrogen functional groups attached to an aromatic ring is 1. The van der Waals surface area contributed by atoms with Gasteiger partial charge in [-0.15, -0.1) is 11.3 Å². The number of hydrogen-bond acceptors (Lipinski definition) is 5. The van der Waals surface area contributed by atoms with Crippen LogP contribution >= 0.6 is 11.3 Å². The van der Waals surface area contributed by atoms with Gasteiger partial charge in [0.15, 0.2) is 0 Å². The molecule has 6 rings (SSSR count). The molecule has 0 spiro atoms. The Morgan fingerprint density at radius 2 is 1.79 bits per heavy atom. The van der Waals surface area contributed by atoms with Crippen LogP contribution in [0.1, 0.15) is 5.56 Å². The Labute approximate surface area is 221 Å². The molecule has 38 heavy (non-hydrogen) atoms. The maximum absolute atomic E-state index is 14.7. The maximum atomic E-state index is 14.7. The zero-order valence-electron chi connectivity index (χ0n) is 20.1. The number of H-pyrrole nitrogens is 1. The number of pyridine rings is 1. The molecular weight excluding hydrogens is 499 g/mol. The van der Waals surface area contributed by atoms with Crippen LogP contribution in [0.4, 0.5) is 26.4 Å². The molecule has 0 radical (unpaired) electrons. The molecule has 3 heterocycles. The normalized spacial score (nSPS) is 11.3. The maximum Gasteiger partial charge on any atom is 0.323 e. The second-order valence-corrected chi connectivity index (χ2v) is 9.78. The molecular formula is C29H23FN6OS. The van der Waals surface area contributed by atoms with Crippen LogP contribution in [0.3, 0.4) is 0 Å². The number of anilines is 3. The van der Waals surface area contributed by atoms with Gasteiger partial charge in [-0.3, -0.25) is 4.90 Å². The molecule has 0 aliphatic rings. The van der Waals surface area contributed by atoms with E-state index < -0.39 is 11.8 Å². The van der Waals surface area contributed by atoms with Crippen LogP contribution in [0.2, 0.25) is 0 Å². The minimum atomic E-state index is -0.802. The first kappa shape index (κ1) is 23.7. The van der Waals surface area contributed by atoms with Crippen molar-refractivity contribution in [3.8, 4) is 22.3 Å². The summed E-state index contributed by atoms with van der Waals surface area (Å²) < 4.78 is 15.7. The smallest absolute Gasteiger partial charge is 0.323 e. The number of benzene rings is 3. The Morgan fingerprint density at radius 3 is 2.55 bits per heavy atom. The highest BCUT2D eigenvalue weighted by atomic mass is 32.1. The number of hydrogen-bond donors (Lipinski definition) is 4. The summed E-state index contributed by atoms with van der Waals surface area (Å²) in [6.07, 6.45) is 3.73. The van der Waals surface area contributed by atoms with Crippen molar-refractivity contribution in [2.24, 2.45) is 11.5 Å². The number of nitrogens with one attached hydrogen (secondary N) is 1. The Balaban J connectivity index is 1.41.